The van der Waals surface area contributed by atoms with Crippen molar-refractivity contribution in [1.29, 1.82) is 0 Å². The van der Waals surface area contributed by atoms with Crippen LogP contribution in [-0.2, 0) is 9.84 Å². The van der Waals surface area contributed by atoms with Gasteiger partial charge in [0.15, 0.2) is 0 Å². The van der Waals surface area contributed by atoms with Crippen molar-refractivity contribution in [3.63, 3.8) is 0 Å². The smallest absolute Gasteiger partial charge is 0.256 e. The maximum absolute atomic E-state index is 13.9. The van der Waals surface area contributed by atoms with E-state index in [1.165, 1.54) is 24.1 Å². The Bertz CT molecular complexity index is 690. The normalized spacial score (nSPS) is 10.7. The van der Waals surface area contributed by atoms with Crippen LogP contribution in [0.1, 0.15) is 15.9 Å². The van der Waals surface area contributed by atoms with E-state index in [1.807, 2.05) is 0 Å². The van der Waals surface area contributed by atoms with E-state index >= 15 is 0 Å². The number of nitrogens with two attached hydrogens (primary N) is 1. The molecule has 1 rings (SSSR count). The first-order valence-electron chi connectivity index (χ1n) is 6.16. The second-order valence-electron chi connectivity index (χ2n) is 4.56. The summed E-state index contributed by atoms with van der Waals surface area (Å²) in [6.07, 6.45) is 1.08. The van der Waals surface area contributed by atoms with Crippen molar-refractivity contribution in [2.24, 2.45) is 5.73 Å². The zero-order valence-corrected chi connectivity index (χ0v) is 12.7. The van der Waals surface area contributed by atoms with Crippen LogP contribution in [0.15, 0.2) is 18.2 Å². The first-order chi connectivity index (χ1) is 9.74. The lowest BCUT2D eigenvalue weighted by Gasteiger charge is -2.17. The van der Waals surface area contributed by atoms with Crippen molar-refractivity contribution in [3.05, 3.63) is 35.1 Å². The molecule has 2 N–H and O–H groups in total. The molecule has 1 aromatic rings. The summed E-state index contributed by atoms with van der Waals surface area (Å²) in [5.74, 6) is 3.81. The fourth-order valence-electron chi connectivity index (χ4n) is 1.53. The van der Waals surface area contributed by atoms with E-state index in [0.717, 1.165) is 12.3 Å². The van der Waals surface area contributed by atoms with E-state index in [-0.39, 0.29) is 24.4 Å². The Morgan fingerprint density at radius 1 is 1.43 bits per heavy atom. The van der Waals surface area contributed by atoms with E-state index in [1.54, 1.807) is 0 Å². The molecule has 5 nitrogen and oxygen atoms in total. The number of amides is 1. The highest BCUT2D eigenvalue weighted by atomic mass is 32.2. The Morgan fingerprint density at radius 3 is 2.62 bits per heavy atom. The molecule has 0 saturated heterocycles. The molecule has 0 radical (unpaired) electrons. The number of sulfone groups is 1. The predicted molar refractivity (Wildman–Crippen MR) is 79.0 cm³/mol. The molecule has 0 aliphatic heterocycles. The summed E-state index contributed by atoms with van der Waals surface area (Å²) in [6.45, 7) is 0.169. The fraction of sp³-hybridized carbons (Fsp3) is 0.357. The number of rotatable bonds is 4. The highest BCUT2D eigenvalue weighted by molar-refractivity contribution is 7.90. The van der Waals surface area contributed by atoms with Gasteiger partial charge in [-0.15, -0.1) is 0 Å². The summed E-state index contributed by atoms with van der Waals surface area (Å²) < 4.78 is 36.0. The molecule has 114 valence electrons. The summed E-state index contributed by atoms with van der Waals surface area (Å²) in [5, 5.41) is 0. The molecule has 1 aromatic carbocycles. The number of hydrogen-bond donors (Lipinski definition) is 1. The van der Waals surface area contributed by atoms with Gasteiger partial charge in [0.1, 0.15) is 15.7 Å². The molecule has 0 aliphatic carbocycles. The third-order valence-electron chi connectivity index (χ3n) is 2.68. The lowest BCUT2D eigenvalue weighted by molar-refractivity contribution is 0.0799. The number of hydrogen-bond acceptors (Lipinski definition) is 4. The van der Waals surface area contributed by atoms with Crippen molar-refractivity contribution >= 4 is 15.7 Å². The van der Waals surface area contributed by atoms with Crippen molar-refractivity contribution in [1.82, 2.24) is 4.90 Å². The van der Waals surface area contributed by atoms with Gasteiger partial charge in [-0.1, -0.05) is 11.8 Å². The van der Waals surface area contributed by atoms with Crippen molar-refractivity contribution < 1.29 is 17.6 Å². The SMILES string of the molecule is CN(CCS(C)(=O)=O)C(=O)c1ccc(C#CCN)cc1F. The Kier molecular flexibility index (Phi) is 5.88. The van der Waals surface area contributed by atoms with Gasteiger partial charge in [0.25, 0.3) is 5.91 Å². The van der Waals surface area contributed by atoms with Crippen LogP contribution in [0.5, 0.6) is 0 Å². The zero-order chi connectivity index (χ0) is 16.0. The molecule has 0 atom stereocenters. The van der Waals surface area contributed by atoms with E-state index in [4.69, 9.17) is 5.73 Å². The van der Waals surface area contributed by atoms with Crippen LogP contribution in [0.25, 0.3) is 0 Å². The Labute approximate surface area is 123 Å². The third-order valence-corrected chi connectivity index (χ3v) is 3.60. The topological polar surface area (TPSA) is 80.5 Å². The first-order valence-corrected chi connectivity index (χ1v) is 8.22. The molecule has 0 saturated carbocycles. The van der Waals surface area contributed by atoms with E-state index in [9.17, 15) is 17.6 Å². The molecule has 1 amide bonds. The Hall–Kier alpha value is -1.91. The molecule has 0 fully saturated rings. The van der Waals surface area contributed by atoms with Crippen LogP contribution in [0.4, 0.5) is 4.39 Å². The molecular weight excluding hydrogens is 295 g/mol. The van der Waals surface area contributed by atoms with E-state index in [2.05, 4.69) is 11.8 Å². The van der Waals surface area contributed by atoms with Gasteiger partial charge in [-0.05, 0) is 18.2 Å². The van der Waals surface area contributed by atoms with Gasteiger partial charge in [0.2, 0.25) is 0 Å². The van der Waals surface area contributed by atoms with Gasteiger partial charge < -0.3 is 10.6 Å². The lowest BCUT2D eigenvalue weighted by atomic mass is 10.1. The van der Waals surface area contributed by atoms with Crippen molar-refractivity contribution in [3.8, 4) is 11.8 Å². The number of carbonyl (C=O) groups is 1. The van der Waals surface area contributed by atoms with Gasteiger partial charge >= 0.3 is 0 Å². The van der Waals surface area contributed by atoms with Crippen LogP contribution in [-0.4, -0.2) is 51.4 Å². The highest BCUT2D eigenvalue weighted by Gasteiger charge is 2.17. The Morgan fingerprint density at radius 2 is 2.10 bits per heavy atom. The molecule has 0 heterocycles. The zero-order valence-electron chi connectivity index (χ0n) is 11.9. The second kappa shape index (κ2) is 7.20. The number of halogens is 1. The van der Waals surface area contributed by atoms with Crippen LogP contribution in [0.2, 0.25) is 0 Å². The lowest BCUT2D eigenvalue weighted by Crippen LogP contribution is -2.32. The number of carbonyl (C=O) groups excluding carboxylic acids is 1. The summed E-state index contributed by atoms with van der Waals surface area (Å²) in [4.78, 5) is 13.2. The van der Waals surface area contributed by atoms with Gasteiger partial charge in [-0.3, -0.25) is 4.79 Å². The average Bonchev–Trinajstić information content (AvgIpc) is 2.41. The van der Waals surface area contributed by atoms with Crippen LogP contribution in [0.3, 0.4) is 0 Å². The minimum atomic E-state index is -3.18. The van der Waals surface area contributed by atoms with Gasteiger partial charge in [0, 0.05) is 25.4 Å². The second-order valence-corrected chi connectivity index (χ2v) is 6.82. The molecule has 0 unspecified atom stereocenters. The third kappa shape index (κ3) is 5.53. The molecule has 0 aliphatic rings. The molecule has 21 heavy (non-hydrogen) atoms. The monoisotopic (exact) mass is 312 g/mol. The van der Waals surface area contributed by atoms with Gasteiger partial charge in [-0.25, -0.2) is 12.8 Å². The minimum absolute atomic E-state index is 0.00579. The quantitative estimate of drug-likeness (QED) is 0.808. The standard InChI is InChI=1S/C14H17FN2O3S/c1-17(8-9-21(2,19)20)14(18)12-6-5-11(4-3-7-16)10-13(12)15/h5-6,10H,7-9,16H2,1-2H3. The summed E-state index contributed by atoms with van der Waals surface area (Å²) in [7, 11) is -1.75. The largest absolute Gasteiger partial charge is 0.341 e. The maximum atomic E-state index is 13.9. The summed E-state index contributed by atoms with van der Waals surface area (Å²) in [6, 6.07) is 4.00. The van der Waals surface area contributed by atoms with Crippen LogP contribution >= 0.6 is 0 Å². The number of nitrogens with zero attached hydrogens (tertiary/aromatic N) is 1. The molecular formula is C14H17FN2O3S. The first kappa shape index (κ1) is 17.1. The molecule has 0 aromatic heterocycles. The van der Waals surface area contributed by atoms with Gasteiger partial charge in [0.05, 0.1) is 17.9 Å². The van der Waals surface area contributed by atoms with Gasteiger partial charge in [-0.2, -0.15) is 0 Å². The average molecular weight is 312 g/mol. The van der Waals surface area contributed by atoms with Crippen LogP contribution < -0.4 is 5.73 Å². The summed E-state index contributed by atoms with van der Waals surface area (Å²) >= 11 is 0. The number of benzene rings is 1. The molecule has 0 spiro atoms. The van der Waals surface area contributed by atoms with E-state index in [0.29, 0.717) is 5.56 Å². The molecule has 0 bridgehead atoms. The van der Waals surface area contributed by atoms with Crippen molar-refractivity contribution in [2.75, 3.05) is 32.1 Å². The Balaban J connectivity index is 2.87. The van der Waals surface area contributed by atoms with Crippen LogP contribution in [0, 0.1) is 17.7 Å². The highest BCUT2D eigenvalue weighted by Crippen LogP contribution is 2.12. The van der Waals surface area contributed by atoms with E-state index < -0.39 is 21.6 Å². The maximum Gasteiger partial charge on any atom is 0.256 e. The fourth-order valence-corrected chi connectivity index (χ4v) is 2.13. The predicted octanol–water partition coefficient (Wildman–Crippen LogP) is 0.253. The molecule has 7 heteroatoms. The summed E-state index contributed by atoms with van der Waals surface area (Å²) in [5.41, 5.74) is 5.53. The minimum Gasteiger partial charge on any atom is -0.341 e. The van der Waals surface area contributed by atoms with Crippen molar-refractivity contribution in [2.45, 2.75) is 0 Å².